The maximum Gasteiger partial charge on any atom is 0.176 e. The first-order valence-corrected chi connectivity index (χ1v) is 11.0. The van der Waals surface area contributed by atoms with Crippen LogP contribution in [0.25, 0.3) is 0 Å². The van der Waals surface area contributed by atoms with Gasteiger partial charge in [-0.15, -0.1) is 0 Å². The number of carbonyl (C=O) groups is 1. The Bertz CT molecular complexity index is 493. The van der Waals surface area contributed by atoms with E-state index in [0.29, 0.717) is 5.78 Å². The molecule has 0 aromatic heterocycles. The fourth-order valence-corrected chi connectivity index (χ4v) is 9.73. The molecular formula is C22H30OS. The molecule has 1 nitrogen and oxygen atoms in total. The highest BCUT2D eigenvalue weighted by molar-refractivity contribution is 7.82. The van der Waals surface area contributed by atoms with Gasteiger partial charge in [-0.05, 0) is 113 Å². The van der Waals surface area contributed by atoms with Gasteiger partial charge in [0.25, 0.3) is 0 Å². The Kier molecular flexibility index (Phi) is 2.93. The second-order valence-electron chi connectivity index (χ2n) is 11.1. The van der Waals surface area contributed by atoms with Gasteiger partial charge in [-0.3, -0.25) is 4.79 Å². The molecule has 8 saturated carbocycles. The molecule has 0 saturated heterocycles. The van der Waals surface area contributed by atoms with Crippen LogP contribution in [0.4, 0.5) is 0 Å². The summed E-state index contributed by atoms with van der Waals surface area (Å²) in [6.45, 7) is 0. The molecule has 8 bridgehead atoms. The SMILES string of the molecule is O=C(C(=S)C12CC3CC(CC(C3)C1)C2)C12CC3CC(CC(C3)C1)C2. The quantitative estimate of drug-likeness (QED) is 0.642. The molecule has 0 spiro atoms. The Labute approximate surface area is 151 Å². The molecule has 8 rings (SSSR count). The van der Waals surface area contributed by atoms with Crippen LogP contribution in [0, 0.1) is 46.3 Å². The molecule has 8 aliphatic rings. The molecule has 2 heteroatoms. The molecular weight excluding hydrogens is 312 g/mol. The number of Topliss-reactive ketones (excluding diaryl/α,β-unsaturated/α-hetero) is 1. The molecule has 24 heavy (non-hydrogen) atoms. The highest BCUT2D eigenvalue weighted by atomic mass is 32.1. The van der Waals surface area contributed by atoms with Crippen molar-refractivity contribution in [2.75, 3.05) is 0 Å². The average molecular weight is 343 g/mol. The Morgan fingerprint density at radius 2 is 0.875 bits per heavy atom. The summed E-state index contributed by atoms with van der Waals surface area (Å²) in [5, 5.41) is 0. The van der Waals surface area contributed by atoms with Crippen molar-refractivity contribution in [2.45, 2.75) is 77.0 Å². The molecule has 0 atom stereocenters. The van der Waals surface area contributed by atoms with Crippen LogP contribution in [0.5, 0.6) is 0 Å². The van der Waals surface area contributed by atoms with Crippen LogP contribution >= 0.6 is 12.2 Å². The van der Waals surface area contributed by atoms with Crippen LogP contribution < -0.4 is 0 Å². The molecule has 0 aromatic carbocycles. The first-order chi connectivity index (χ1) is 11.5. The molecule has 0 aromatic rings. The van der Waals surface area contributed by atoms with Crippen LogP contribution in [0.3, 0.4) is 0 Å². The summed E-state index contributed by atoms with van der Waals surface area (Å²) < 4.78 is 0. The van der Waals surface area contributed by atoms with Gasteiger partial charge in [-0.25, -0.2) is 0 Å². The third-order valence-electron chi connectivity index (χ3n) is 9.25. The van der Waals surface area contributed by atoms with E-state index < -0.39 is 0 Å². The lowest BCUT2D eigenvalue weighted by molar-refractivity contribution is -0.137. The first kappa shape index (κ1) is 14.9. The van der Waals surface area contributed by atoms with Gasteiger partial charge in [-0.2, -0.15) is 0 Å². The van der Waals surface area contributed by atoms with E-state index in [1.165, 1.54) is 77.0 Å². The number of rotatable bonds is 3. The Balaban J connectivity index is 1.32. The zero-order valence-electron chi connectivity index (χ0n) is 14.8. The van der Waals surface area contributed by atoms with E-state index in [9.17, 15) is 4.79 Å². The van der Waals surface area contributed by atoms with Crippen molar-refractivity contribution in [1.29, 1.82) is 0 Å². The summed E-state index contributed by atoms with van der Waals surface area (Å²) in [5.74, 6) is 5.69. The summed E-state index contributed by atoms with van der Waals surface area (Å²) in [6, 6.07) is 0. The van der Waals surface area contributed by atoms with Crippen LogP contribution in [-0.4, -0.2) is 10.6 Å². The number of hydrogen-bond acceptors (Lipinski definition) is 2. The minimum Gasteiger partial charge on any atom is -0.293 e. The molecule has 8 fully saturated rings. The van der Waals surface area contributed by atoms with Gasteiger partial charge in [0.15, 0.2) is 5.78 Å². The maximum atomic E-state index is 13.8. The zero-order chi connectivity index (χ0) is 16.1. The maximum absolute atomic E-state index is 13.8. The van der Waals surface area contributed by atoms with E-state index in [1.807, 2.05) is 0 Å². The van der Waals surface area contributed by atoms with E-state index in [2.05, 4.69) is 0 Å². The van der Waals surface area contributed by atoms with Gasteiger partial charge in [0.05, 0.1) is 4.86 Å². The summed E-state index contributed by atoms with van der Waals surface area (Å²) in [5.41, 5.74) is 0.152. The topological polar surface area (TPSA) is 17.1 Å². The molecule has 130 valence electrons. The number of thiocarbonyl (C=S) groups is 1. The standard InChI is InChI=1S/C22H30OS/c23-19(21-7-13-1-14(8-21)3-15(2-13)9-21)20(24)22-10-16-4-17(11-22)6-18(5-16)12-22/h13-18H,1-12H2. The van der Waals surface area contributed by atoms with Crippen molar-refractivity contribution < 1.29 is 4.79 Å². The predicted octanol–water partition coefficient (Wildman–Crippen LogP) is 5.36. The molecule has 0 N–H and O–H groups in total. The second-order valence-corrected chi connectivity index (χ2v) is 11.5. The fourth-order valence-electron chi connectivity index (χ4n) is 9.26. The zero-order valence-corrected chi connectivity index (χ0v) is 15.6. The summed E-state index contributed by atoms with van der Waals surface area (Å²) >= 11 is 6.05. The van der Waals surface area contributed by atoms with Crippen molar-refractivity contribution in [3.8, 4) is 0 Å². The minimum absolute atomic E-state index is 0.00480. The largest absolute Gasteiger partial charge is 0.293 e. The summed E-state index contributed by atoms with van der Waals surface area (Å²) in [4.78, 5) is 14.7. The van der Waals surface area contributed by atoms with Gasteiger partial charge in [0.2, 0.25) is 0 Å². The normalized spacial score (nSPS) is 56.7. The second kappa shape index (κ2) is 4.72. The van der Waals surface area contributed by atoms with Gasteiger partial charge < -0.3 is 0 Å². The third kappa shape index (κ3) is 1.93. The Morgan fingerprint density at radius 1 is 0.583 bits per heavy atom. The Morgan fingerprint density at radius 3 is 1.21 bits per heavy atom. The van der Waals surface area contributed by atoms with Crippen molar-refractivity contribution in [1.82, 2.24) is 0 Å². The Hall–Kier alpha value is -0.240. The molecule has 8 aliphatic carbocycles. The lowest BCUT2D eigenvalue weighted by Gasteiger charge is -2.59. The van der Waals surface area contributed by atoms with Gasteiger partial charge in [-0.1, -0.05) is 12.2 Å². The molecule has 0 unspecified atom stereocenters. The smallest absolute Gasteiger partial charge is 0.176 e. The molecule has 0 radical (unpaired) electrons. The van der Waals surface area contributed by atoms with E-state index >= 15 is 0 Å². The van der Waals surface area contributed by atoms with Crippen LogP contribution in [-0.2, 0) is 4.79 Å². The first-order valence-electron chi connectivity index (χ1n) is 10.6. The monoisotopic (exact) mass is 342 g/mol. The predicted molar refractivity (Wildman–Crippen MR) is 98.8 cm³/mol. The number of carbonyl (C=O) groups excluding carboxylic acids is 1. The molecule has 0 heterocycles. The average Bonchev–Trinajstić information content (AvgIpc) is 2.51. The van der Waals surface area contributed by atoms with Crippen LogP contribution in [0.2, 0.25) is 0 Å². The molecule has 0 aliphatic heterocycles. The van der Waals surface area contributed by atoms with E-state index in [1.54, 1.807) is 0 Å². The van der Waals surface area contributed by atoms with E-state index in [4.69, 9.17) is 12.2 Å². The van der Waals surface area contributed by atoms with Crippen molar-refractivity contribution in [3.63, 3.8) is 0 Å². The number of ketones is 1. The third-order valence-corrected chi connectivity index (χ3v) is 9.86. The van der Waals surface area contributed by atoms with Gasteiger partial charge in [0, 0.05) is 10.8 Å². The van der Waals surface area contributed by atoms with Gasteiger partial charge >= 0.3 is 0 Å². The molecule has 0 amide bonds. The highest BCUT2D eigenvalue weighted by Gasteiger charge is 2.59. The van der Waals surface area contributed by atoms with E-state index in [-0.39, 0.29) is 10.8 Å². The van der Waals surface area contributed by atoms with Crippen LogP contribution in [0.1, 0.15) is 77.0 Å². The van der Waals surface area contributed by atoms with Crippen LogP contribution in [0.15, 0.2) is 0 Å². The van der Waals surface area contributed by atoms with Crippen molar-refractivity contribution in [3.05, 3.63) is 0 Å². The lowest BCUT2D eigenvalue weighted by Crippen LogP contribution is -2.57. The minimum atomic E-state index is -0.00480. The highest BCUT2D eigenvalue weighted by Crippen LogP contribution is 2.64. The van der Waals surface area contributed by atoms with Crippen molar-refractivity contribution >= 4 is 22.9 Å². The lowest BCUT2D eigenvalue weighted by atomic mass is 9.45. The fraction of sp³-hybridized carbons (Fsp3) is 0.909. The van der Waals surface area contributed by atoms with E-state index in [0.717, 1.165) is 40.4 Å². The van der Waals surface area contributed by atoms with Gasteiger partial charge in [0.1, 0.15) is 0 Å². The number of hydrogen-bond donors (Lipinski definition) is 0. The summed E-state index contributed by atoms with van der Waals surface area (Å²) in [7, 11) is 0. The summed E-state index contributed by atoms with van der Waals surface area (Å²) in [6.07, 6.45) is 15.9. The van der Waals surface area contributed by atoms with Crippen molar-refractivity contribution in [2.24, 2.45) is 46.3 Å².